The summed E-state index contributed by atoms with van der Waals surface area (Å²) in [6.07, 6.45) is 1.95. The van der Waals surface area contributed by atoms with Gasteiger partial charge in [0.05, 0.1) is 11.2 Å². The van der Waals surface area contributed by atoms with Gasteiger partial charge in [0.2, 0.25) is 0 Å². The van der Waals surface area contributed by atoms with Crippen molar-refractivity contribution in [1.29, 1.82) is 0 Å². The molecule has 1 fully saturated rings. The Bertz CT molecular complexity index is 882. The van der Waals surface area contributed by atoms with Gasteiger partial charge in [0.25, 0.3) is 5.91 Å². The molecule has 122 valence electrons. The van der Waals surface area contributed by atoms with Crippen molar-refractivity contribution in [1.82, 2.24) is 15.1 Å². The predicted molar refractivity (Wildman–Crippen MR) is 90.7 cm³/mol. The summed E-state index contributed by atoms with van der Waals surface area (Å²) in [6.45, 7) is 1.87. The van der Waals surface area contributed by atoms with Crippen molar-refractivity contribution in [3.8, 4) is 0 Å². The van der Waals surface area contributed by atoms with Gasteiger partial charge in [0, 0.05) is 22.9 Å². The van der Waals surface area contributed by atoms with Gasteiger partial charge in [-0.1, -0.05) is 18.2 Å². The molecule has 0 radical (unpaired) electrons. The van der Waals surface area contributed by atoms with Crippen LogP contribution in [-0.4, -0.2) is 28.8 Å². The molecule has 1 N–H and O–H groups in total. The number of carbonyl (C=O) groups excluding carboxylic acids is 1. The van der Waals surface area contributed by atoms with Crippen molar-refractivity contribution < 1.29 is 9.18 Å². The second kappa shape index (κ2) is 6.17. The second-order valence-electron chi connectivity index (χ2n) is 6.15. The number of benzene rings is 2. The van der Waals surface area contributed by atoms with Crippen LogP contribution in [0, 0.1) is 5.82 Å². The summed E-state index contributed by atoms with van der Waals surface area (Å²) in [6, 6.07) is 13.6. The van der Waals surface area contributed by atoms with Gasteiger partial charge in [0.1, 0.15) is 5.82 Å². The molecule has 1 aliphatic rings. The Morgan fingerprint density at radius 3 is 2.62 bits per heavy atom. The molecule has 0 unspecified atom stereocenters. The number of nitrogens with one attached hydrogen (secondary N) is 1. The molecule has 1 aromatic heterocycles. The van der Waals surface area contributed by atoms with Gasteiger partial charge >= 0.3 is 0 Å². The molecule has 0 spiro atoms. The molecule has 4 nitrogen and oxygen atoms in total. The number of carbonyl (C=O) groups is 1. The van der Waals surface area contributed by atoms with Gasteiger partial charge in [-0.15, -0.1) is 0 Å². The van der Waals surface area contributed by atoms with E-state index in [0.29, 0.717) is 17.0 Å². The average Bonchev–Trinajstić information content (AvgIpc) is 3.01. The van der Waals surface area contributed by atoms with Crippen LogP contribution in [-0.2, 0) is 0 Å². The topological polar surface area (TPSA) is 46.9 Å². The van der Waals surface area contributed by atoms with E-state index in [0.717, 1.165) is 37.0 Å². The highest BCUT2D eigenvalue weighted by Gasteiger charge is 2.24. The van der Waals surface area contributed by atoms with E-state index in [-0.39, 0.29) is 11.7 Å². The van der Waals surface area contributed by atoms with E-state index in [2.05, 4.69) is 10.4 Å². The number of halogens is 1. The van der Waals surface area contributed by atoms with Gasteiger partial charge in [-0.25, -0.2) is 4.39 Å². The number of hydrogen-bond acceptors (Lipinski definition) is 3. The lowest BCUT2D eigenvalue weighted by Gasteiger charge is -2.21. The zero-order valence-electron chi connectivity index (χ0n) is 13.2. The SMILES string of the molecule is O=C(c1ccccc1)n1nc(C2CCNCC2)c2ccc(F)cc21. The lowest BCUT2D eigenvalue weighted by Crippen LogP contribution is -2.27. The molecule has 0 amide bonds. The zero-order valence-corrected chi connectivity index (χ0v) is 13.2. The fraction of sp³-hybridized carbons (Fsp3) is 0.263. The number of aromatic nitrogens is 2. The number of hydrogen-bond donors (Lipinski definition) is 1. The molecule has 1 saturated heterocycles. The minimum Gasteiger partial charge on any atom is -0.317 e. The summed E-state index contributed by atoms with van der Waals surface area (Å²) >= 11 is 0. The second-order valence-corrected chi connectivity index (χ2v) is 6.15. The molecule has 0 saturated carbocycles. The molecule has 3 aromatic rings. The van der Waals surface area contributed by atoms with Gasteiger partial charge in [-0.2, -0.15) is 9.78 Å². The Balaban J connectivity index is 1.85. The minimum atomic E-state index is -0.360. The smallest absolute Gasteiger partial charge is 0.278 e. The van der Waals surface area contributed by atoms with E-state index in [1.807, 2.05) is 18.2 Å². The maximum Gasteiger partial charge on any atom is 0.278 e. The Kier molecular flexibility index (Phi) is 3.86. The van der Waals surface area contributed by atoms with Crippen LogP contribution in [0.3, 0.4) is 0 Å². The van der Waals surface area contributed by atoms with Crippen molar-refractivity contribution in [3.63, 3.8) is 0 Å². The normalized spacial score (nSPS) is 15.7. The Labute approximate surface area is 139 Å². The van der Waals surface area contributed by atoms with Crippen LogP contribution < -0.4 is 5.32 Å². The standard InChI is InChI=1S/C19H18FN3O/c20-15-6-7-16-17(12-15)23(19(24)14-4-2-1-3-5-14)22-18(16)13-8-10-21-11-9-13/h1-7,12-13,21H,8-11H2. The fourth-order valence-corrected chi connectivity index (χ4v) is 3.37. The summed E-state index contributed by atoms with van der Waals surface area (Å²) in [5, 5.41) is 8.81. The maximum absolute atomic E-state index is 13.8. The van der Waals surface area contributed by atoms with E-state index in [9.17, 15) is 9.18 Å². The first-order chi connectivity index (χ1) is 11.7. The molecule has 0 aliphatic carbocycles. The Hall–Kier alpha value is -2.53. The van der Waals surface area contributed by atoms with Crippen LogP contribution in [0.4, 0.5) is 4.39 Å². The largest absolute Gasteiger partial charge is 0.317 e. The quantitative estimate of drug-likeness (QED) is 0.787. The van der Waals surface area contributed by atoms with Crippen LogP contribution in [0.25, 0.3) is 10.9 Å². The summed E-state index contributed by atoms with van der Waals surface area (Å²) in [7, 11) is 0. The molecule has 2 heterocycles. The summed E-state index contributed by atoms with van der Waals surface area (Å²) in [4.78, 5) is 12.8. The molecule has 24 heavy (non-hydrogen) atoms. The fourth-order valence-electron chi connectivity index (χ4n) is 3.37. The predicted octanol–water partition coefficient (Wildman–Crippen LogP) is 3.33. The third-order valence-corrected chi connectivity index (χ3v) is 4.61. The summed E-state index contributed by atoms with van der Waals surface area (Å²) < 4.78 is 15.1. The van der Waals surface area contributed by atoms with Crippen molar-refractivity contribution in [2.45, 2.75) is 18.8 Å². The number of fused-ring (bicyclic) bond motifs is 1. The Morgan fingerprint density at radius 2 is 1.88 bits per heavy atom. The van der Waals surface area contributed by atoms with Crippen LogP contribution in [0.15, 0.2) is 48.5 Å². The lowest BCUT2D eigenvalue weighted by molar-refractivity contribution is 0.0949. The van der Waals surface area contributed by atoms with Gasteiger partial charge < -0.3 is 5.32 Å². The molecule has 0 bridgehead atoms. The number of piperidine rings is 1. The molecule has 4 rings (SSSR count). The van der Waals surface area contributed by atoms with Crippen molar-refractivity contribution in [3.05, 3.63) is 65.6 Å². The van der Waals surface area contributed by atoms with Crippen molar-refractivity contribution in [2.24, 2.45) is 0 Å². The highest BCUT2D eigenvalue weighted by Crippen LogP contribution is 2.31. The third-order valence-electron chi connectivity index (χ3n) is 4.61. The van der Waals surface area contributed by atoms with Crippen LogP contribution >= 0.6 is 0 Å². The van der Waals surface area contributed by atoms with Gasteiger partial charge in [-0.05, 0) is 50.2 Å². The molecular formula is C19H18FN3O. The van der Waals surface area contributed by atoms with Crippen LogP contribution in [0.1, 0.15) is 34.8 Å². The summed E-state index contributed by atoms with van der Waals surface area (Å²) in [5.74, 6) is -0.295. The highest BCUT2D eigenvalue weighted by molar-refractivity contribution is 6.01. The Morgan fingerprint density at radius 1 is 1.12 bits per heavy atom. The minimum absolute atomic E-state index is 0.230. The molecule has 2 aromatic carbocycles. The zero-order chi connectivity index (χ0) is 16.5. The number of rotatable bonds is 2. The molecular weight excluding hydrogens is 305 g/mol. The van der Waals surface area contributed by atoms with Gasteiger partial charge in [-0.3, -0.25) is 4.79 Å². The highest BCUT2D eigenvalue weighted by atomic mass is 19.1. The van der Waals surface area contributed by atoms with E-state index >= 15 is 0 Å². The monoisotopic (exact) mass is 323 g/mol. The third kappa shape index (κ3) is 2.61. The first-order valence-electron chi connectivity index (χ1n) is 8.22. The summed E-state index contributed by atoms with van der Waals surface area (Å²) in [5.41, 5.74) is 1.98. The molecule has 0 atom stereocenters. The van der Waals surface area contributed by atoms with Crippen LogP contribution in [0.2, 0.25) is 0 Å². The number of nitrogens with zero attached hydrogens (tertiary/aromatic N) is 2. The van der Waals surface area contributed by atoms with E-state index in [1.54, 1.807) is 18.2 Å². The van der Waals surface area contributed by atoms with Crippen LogP contribution in [0.5, 0.6) is 0 Å². The van der Waals surface area contributed by atoms with Crippen molar-refractivity contribution >= 4 is 16.8 Å². The average molecular weight is 323 g/mol. The van der Waals surface area contributed by atoms with E-state index < -0.39 is 0 Å². The molecule has 5 heteroatoms. The first kappa shape index (κ1) is 15.0. The van der Waals surface area contributed by atoms with E-state index in [4.69, 9.17) is 0 Å². The molecule has 1 aliphatic heterocycles. The van der Waals surface area contributed by atoms with E-state index in [1.165, 1.54) is 16.8 Å². The first-order valence-corrected chi connectivity index (χ1v) is 8.22. The van der Waals surface area contributed by atoms with Crippen molar-refractivity contribution in [2.75, 3.05) is 13.1 Å². The van der Waals surface area contributed by atoms with Gasteiger partial charge in [0.15, 0.2) is 0 Å². The lowest BCUT2D eigenvalue weighted by atomic mass is 9.92. The maximum atomic E-state index is 13.8.